The van der Waals surface area contributed by atoms with E-state index in [0.29, 0.717) is 24.0 Å². The first-order chi connectivity index (χ1) is 9.04. The summed E-state index contributed by atoms with van der Waals surface area (Å²) in [5.74, 6) is 2.46. The minimum absolute atomic E-state index is 0.0108. The van der Waals surface area contributed by atoms with Crippen LogP contribution in [0.3, 0.4) is 0 Å². The van der Waals surface area contributed by atoms with E-state index in [4.69, 9.17) is 4.74 Å². The van der Waals surface area contributed by atoms with Gasteiger partial charge in [-0.3, -0.25) is 4.79 Å². The van der Waals surface area contributed by atoms with Gasteiger partial charge in [0.1, 0.15) is 11.5 Å². The summed E-state index contributed by atoms with van der Waals surface area (Å²) in [4.78, 5) is 12.1. The molecule has 0 N–H and O–H groups in total. The summed E-state index contributed by atoms with van der Waals surface area (Å²) in [6.07, 6.45) is 3.81. The highest BCUT2D eigenvalue weighted by Crippen LogP contribution is 2.51. The molecule has 3 atom stereocenters. The largest absolute Gasteiger partial charge is 0.497 e. The number of aryl methyl sites for hydroxylation is 1. The number of methoxy groups -OCH3 is 1. The van der Waals surface area contributed by atoms with Crippen molar-refractivity contribution in [1.29, 1.82) is 0 Å². The van der Waals surface area contributed by atoms with Crippen molar-refractivity contribution in [2.24, 2.45) is 11.8 Å². The highest BCUT2D eigenvalue weighted by Gasteiger charge is 2.47. The van der Waals surface area contributed by atoms with Crippen LogP contribution in [0.2, 0.25) is 0 Å². The highest BCUT2D eigenvalue weighted by atomic mass is 16.5. The minimum atomic E-state index is 0.0108. The maximum Gasteiger partial charge on any atom is 0.134 e. The van der Waals surface area contributed by atoms with Crippen LogP contribution in [0.25, 0.3) is 0 Å². The molecule has 0 radical (unpaired) electrons. The lowest BCUT2D eigenvalue weighted by atomic mass is 9.55. The molecular weight excluding hydrogens is 236 g/mol. The van der Waals surface area contributed by atoms with Crippen molar-refractivity contribution >= 4 is 5.78 Å². The maximum absolute atomic E-state index is 12.1. The Morgan fingerprint density at radius 1 is 1.37 bits per heavy atom. The molecule has 1 saturated carbocycles. The van der Waals surface area contributed by atoms with Gasteiger partial charge in [0.05, 0.1) is 7.11 Å². The number of hydrogen-bond acceptors (Lipinski definition) is 2. The first-order valence-corrected chi connectivity index (χ1v) is 7.23. The first kappa shape index (κ1) is 12.7. The number of ether oxygens (including phenoxy) is 1. The monoisotopic (exact) mass is 258 g/mol. The molecule has 0 spiro atoms. The first-order valence-electron chi connectivity index (χ1n) is 7.23. The molecule has 1 aromatic carbocycles. The zero-order valence-corrected chi connectivity index (χ0v) is 12.0. The molecule has 2 nitrogen and oxygen atoms in total. The van der Waals surface area contributed by atoms with Crippen molar-refractivity contribution in [3.05, 3.63) is 29.3 Å². The number of fused-ring (bicyclic) bond motifs is 3. The van der Waals surface area contributed by atoms with Crippen LogP contribution in [0.15, 0.2) is 18.2 Å². The van der Waals surface area contributed by atoms with E-state index >= 15 is 0 Å². The van der Waals surface area contributed by atoms with Gasteiger partial charge >= 0.3 is 0 Å². The zero-order chi connectivity index (χ0) is 13.6. The molecule has 1 aromatic rings. The number of ketones is 1. The fourth-order valence-corrected chi connectivity index (χ4v) is 4.38. The molecule has 0 aliphatic heterocycles. The number of carbonyl (C=O) groups excluding carboxylic acids is 1. The van der Waals surface area contributed by atoms with Gasteiger partial charge in [-0.25, -0.2) is 0 Å². The summed E-state index contributed by atoms with van der Waals surface area (Å²) in [6, 6.07) is 6.38. The Labute approximate surface area is 115 Å². The predicted octanol–water partition coefficient (Wildman–Crippen LogP) is 3.51. The van der Waals surface area contributed by atoms with E-state index in [1.807, 2.05) is 6.07 Å². The van der Waals surface area contributed by atoms with Crippen LogP contribution in [0.5, 0.6) is 5.75 Å². The fourth-order valence-electron chi connectivity index (χ4n) is 4.38. The molecule has 2 aliphatic carbocycles. The summed E-state index contributed by atoms with van der Waals surface area (Å²) in [5.41, 5.74) is 2.76. The van der Waals surface area contributed by atoms with Crippen LogP contribution in [0, 0.1) is 11.8 Å². The lowest BCUT2D eigenvalue weighted by Gasteiger charge is -2.48. The number of Topliss-reactive ketones (excluding diaryl/α,β-unsaturated/α-hetero) is 1. The zero-order valence-electron chi connectivity index (χ0n) is 12.0. The lowest BCUT2D eigenvalue weighted by Crippen LogP contribution is -2.46. The van der Waals surface area contributed by atoms with Crippen molar-refractivity contribution in [1.82, 2.24) is 0 Å². The van der Waals surface area contributed by atoms with Gasteiger partial charge in [0.25, 0.3) is 0 Å². The van der Waals surface area contributed by atoms with Crippen molar-refractivity contribution in [3.63, 3.8) is 0 Å². The molecule has 102 valence electrons. The van der Waals surface area contributed by atoms with Crippen molar-refractivity contribution in [2.75, 3.05) is 7.11 Å². The number of rotatable bonds is 1. The molecule has 1 unspecified atom stereocenters. The molecule has 0 saturated heterocycles. The van der Waals surface area contributed by atoms with Crippen LogP contribution >= 0.6 is 0 Å². The molecule has 0 amide bonds. The van der Waals surface area contributed by atoms with E-state index in [2.05, 4.69) is 26.0 Å². The van der Waals surface area contributed by atoms with E-state index in [1.165, 1.54) is 17.5 Å². The third-order valence-electron chi connectivity index (χ3n) is 5.28. The van der Waals surface area contributed by atoms with Crippen molar-refractivity contribution < 1.29 is 9.53 Å². The number of hydrogen-bond donors (Lipinski definition) is 0. The Bertz CT molecular complexity index is 520. The van der Waals surface area contributed by atoms with Gasteiger partial charge in [0.15, 0.2) is 0 Å². The summed E-state index contributed by atoms with van der Waals surface area (Å²) in [6.45, 7) is 4.52. The fraction of sp³-hybridized carbons (Fsp3) is 0.588. The Balaban J connectivity index is 2.11. The molecule has 0 bridgehead atoms. The van der Waals surface area contributed by atoms with E-state index < -0.39 is 0 Å². The van der Waals surface area contributed by atoms with Crippen LogP contribution in [-0.2, 0) is 16.6 Å². The van der Waals surface area contributed by atoms with Gasteiger partial charge in [-0.1, -0.05) is 19.9 Å². The van der Waals surface area contributed by atoms with Crippen molar-refractivity contribution in [2.45, 2.75) is 44.9 Å². The second-order valence-electron chi connectivity index (χ2n) is 6.48. The molecule has 3 rings (SSSR count). The normalized spacial score (nSPS) is 33.5. The Morgan fingerprint density at radius 3 is 2.89 bits per heavy atom. The van der Waals surface area contributed by atoms with Gasteiger partial charge < -0.3 is 4.74 Å². The second-order valence-corrected chi connectivity index (χ2v) is 6.48. The Hall–Kier alpha value is -1.31. The quantitative estimate of drug-likeness (QED) is 0.770. The maximum atomic E-state index is 12.1. The molecule has 0 aromatic heterocycles. The highest BCUT2D eigenvalue weighted by molar-refractivity contribution is 5.81. The molecule has 2 heteroatoms. The number of benzene rings is 1. The summed E-state index contributed by atoms with van der Waals surface area (Å²) in [5, 5.41) is 0. The predicted molar refractivity (Wildman–Crippen MR) is 75.6 cm³/mol. The summed E-state index contributed by atoms with van der Waals surface area (Å²) in [7, 11) is 1.71. The van der Waals surface area contributed by atoms with Gasteiger partial charge in [-0.15, -0.1) is 0 Å². The van der Waals surface area contributed by atoms with E-state index in [9.17, 15) is 4.79 Å². The van der Waals surface area contributed by atoms with Gasteiger partial charge in [-0.2, -0.15) is 0 Å². The molecule has 1 fully saturated rings. The third kappa shape index (κ3) is 1.89. The molecule has 19 heavy (non-hydrogen) atoms. The average molecular weight is 258 g/mol. The Morgan fingerprint density at radius 2 is 2.16 bits per heavy atom. The molecular formula is C17H22O2. The molecule has 0 heterocycles. The lowest BCUT2D eigenvalue weighted by molar-refractivity contribution is -0.125. The smallest absolute Gasteiger partial charge is 0.134 e. The minimum Gasteiger partial charge on any atom is -0.497 e. The third-order valence-corrected chi connectivity index (χ3v) is 5.28. The summed E-state index contributed by atoms with van der Waals surface area (Å²) >= 11 is 0. The van der Waals surface area contributed by atoms with Gasteiger partial charge in [0.2, 0.25) is 0 Å². The topological polar surface area (TPSA) is 26.3 Å². The van der Waals surface area contributed by atoms with Crippen LogP contribution in [-0.4, -0.2) is 12.9 Å². The second kappa shape index (κ2) is 4.36. The van der Waals surface area contributed by atoms with Crippen LogP contribution in [0.4, 0.5) is 0 Å². The van der Waals surface area contributed by atoms with E-state index in [0.717, 1.165) is 18.6 Å². The van der Waals surface area contributed by atoms with Gasteiger partial charge in [0, 0.05) is 18.3 Å². The summed E-state index contributed by atoms with van der Waals surface area (Å²) < 4.78 is 5.37. The van der Waals surface area contributed by atoms with Crippen LogP contribution < -0.4 is 4.74 Å². The molecule has 2 aliphatic rings. The van der Waals surface area contributed by atoms with Crippen molar-refractivity contribution in [3.8, 4) is 5.75 Å². The Kier molecular flexibility index (Phi) is 2.92. The SMILES string of the molecule is COc1ccc2c(c1)[C@@]1(C)CC(=O)CC(C)[C@@H]1CC2. The van der Waals surface area contributed by atoms with E-state index in [1.54, 1.807) is 7.11 Å². The standard InChI is InChI=1S/C17H22O2/c1-11-8-13(18)10-17(2)15(11)7-5-12-4-6-14(19-3)9-16(12)17/h4,6,9,11,15H,5,7-8,10H2,1-3H3/t11?,15-,17-/m0/s1. The van der Waals surface area contributed by atoms with E-state index in [-0.39, 0.29) is 5.41 Å². The average Bonchev–Trinajstić information content (AvgIpc) is 2.37. The van der Waals surface area contributed by atoms with Gasteiger partial charge in [-0.05, 0) is 47.9 Å². The van der Waals surface area contributed by atoms with Crippen LogP contribution in [0.1, 0.15) is 44.2 Å². The number of carbonyl (C=O) groups is 1.